The number of amides is 1. The van der Waals surface area contributed by atoms with Gasteiger partial charge in [0.2, 0.25) is 0 Å². The van der Waals surface area contributed by atoms with Crippen LogP contribution >= 0.6 is 0 Å². The Labute approximate surface area is 115 Å². The molecule has 0 fully saturated rings. The first kappa shape index (κ1) is 14.0. The summed E-state index contributed by atoms with van der Waals surface area (Å²) in [7, 11) is 0. The molecule has 0 atom stereocenters. The van der Waals surface area contributed by atoms with E-state index in [-0.39, 0.29) is 11.3 Å². The Hall–Kier alpha value is -2.43. The predicted molar refractivity (Wildman–Crippen MR) is 71.8 cm³/mol. The highest BCUT2D eigenvalue weighted by molar-refractivity contribution is 6.07. The molecule has 3 nitrogen and oxygen atoms in total. The lowest BCUT2D eigenvalue weighted by molar-refractivity contribution is 0.0985. The highest BCUT2D eigenvalue weighted by Gasteiger charge is 2.19. The van der Waals surface area contributed by atoms with Gasteiger partial charge in [-0.05, 0) is 49.4 Å². The van der Waals surface area contributed by atoms with Crippen LogP contribution in [-0.2, 0) is 0 Å². The topological polar surface area (TPSA) is 40.5 Å². The van der Waals surface area contributed by atoms with Gasteiger partial charge in [-0.25, -0.2) is 8.78 Å². The summed E-state index contributed by atoms with van der Waals surface area (Å²) < 4.78 is 26.1. The predicted octanol–water partition coefficient (Wildman–Crippen LogP) is 3.34. The van der Waals surface area contributed by atoms with Crippen LogP contribution in [0.2, 0.25) is 0 Å². The largest absolute Gasteiger partial charge is 0.507 e. The minimum Gasteiger partial charge on any atom is -0.507 e. The van der Waals surface area contributed by atoms with Crippen molar-refractivity contribution in [1.82, 2.24) is 0 Å². The van der Waals surface area contributed by atoms with E-state index in [0.29, 0.717) is 12.2 Å². The lowest BCUT2D eigenvalue weighted by atomic mass is 10.1. The summed E-state index contributed by atoms with van der Waals surface area (Å²) in [6, 6.07) is 8.54. The van der Waals surface area contributed by atoms with E-state index < -0.39 is 17.5 Å². The van der Waals surface area contributed by atoms with Crippen molar-refractivity contribution in [3.05, 3.63) is 59.7 Å². The van der Waals surface area contributed by atoms with E-state index in [1.165, 1.54) is 29.2 Å². The Morgan fingerprint density at radius 3 is 2.30 bits per heavy atom. The quantitative estimate of drug-likeness (QED) is 0.934. The minimum atomic E-state index is -0.610. The molecule has 0 saturated heterocycles. The molecule has 0 unspecified atom stereocenters. The van der Waals surface area contributed by atoms with Crippen molar-refractivity contribution in [2.45, 2.75) is 6.92 Å². The van der Waals surface area contributed by atoms with Gasteiger partial charge in [0.05, 0.1) is 5.56 Å². The van der Waals surface area contributed by atoms with Gasteiger partial charge in [0.1, 0.15) is 17.4 Å². The number of anilines is 1. The highest BCUT2D eigenvalue weighted by Crippen LogP contribution is 2.23. The molecule has 0 aliphatic carbocycles. The second-order valence-corrected chi connectivity index (χ2v) is 4.19. The monoisotopic (exact) mass is 277 g/mol. The van der Waals surface area contributed by atoms with Crippen LogP contribution in [0.3, 0.4) is 0 Å². The maximum atomic E-state index is 13.2. The van der Waals surface area contributed by atoms with Gasteiger partial charge in [0, 0.05) is 12.2 Å². The summed E-state index contributed by atoms with van der Waals surface area (Å²) in [4.78, 5) is 13.7. The van der Waals surface area contributed by atoms with Crippen LogP contribution in [0, 0.1) is 11.6 Å². The summed E-state index contributed by atoms with van der Waals surface area (Å²) in [5.74, 6) is -1.86. The number of phenolic OH excluding ortho intramolecular Hbond substituents is 1. The van der Waals surface area contributed by atoms with Gasteiger partial charge in [-0.2, -0.15) is 0 Å². The van der Waals surface area contributed by atoms with Gasteiger partial charge >= 0.3 is 0 Å². The molecule has 0 spiro atoms. The molecule has 0 aliphatic heterocycles. The fraction of sp³-hybridized carbons (Fsp3) is 0.133. The van der Waals surface area contributed by atoms with E-state index in [1.807, 2.05) is 0 Å². The molecule has 0 saturated carbocycles. The number of rotatable bonds is 3. The summed E-state index contributed by atoms with van der Waals surface area (Å²) in [6.45, 7) is 2.04. The Morgan fingerprint density at radius 2 is 1.70 bits per heavy atom. The van der Waals surface area contributed by atoms with Crippen LogP contribution < -0.4 is 4.90 Å². The van der Waals surface area contributed by atoms with E-state index in [9.17, 15) is 18.7 Å². The average Bonchev–Trinajstić information content (AvgIpc) is 2.44. The zero-order valence-electron chi connectivity index (χ0n) is 10.8. The molecule has 0 radical (unpaired) electrons. The molecule has 0 heterocycles. The zero-order valence-corrected chi connectivity index (χ0v) is 10.8. The van der Waals surface area contributed by atoms with Gasteiger partial charge in [-0.15, -0.1) is 0 Å². The average molecular weight is 277 g/mol. The number of carbonyl (C=O) groups excluding carboxylic acids is 1. The van der Waals surface area contributed by atoms with Gasteiger partial charge in [-0.1, -0.05) is 0 Å². The fourth-order valence-corrected chi connectivity index (χ4v) is 1.89. The van der Waals surface area contributed by atoms with E-state index in [0.717, 1.165) is 18.2 Å². The molecule has 0 aliphatic rings. The van der Waals surface area contributed by atoms with Gasteiger partial charge in [-0.3, -0.25) is 4.79 Å². The molecule has 0 aromatic heterocycles. The molecule has 1 amide bonds. The van der Waals surface area contributed by atoms with Gasteiger partial charge in [0.25, 0.3) is 5.91 Å². The van der Waals surface area contributed by atoms with Crippen molar-refractivity contribution in [3.8, 4) is 5.75 Å². The van der Waals surface area contributed by atoms with Crippen LogP contribution in [0.25, 0.3) is 0 Å². The maximum absolute atomic E-state index is 13.2. The third-order valence-corrected chi connectivity index (χ3v) is 2.89. The molecule has 104 valence electrons. The number of halogens is 2. The first-order valence-electron chi connectivity index (χ1n) is 6.09. The second kappa shape index (κ2) is 5.69. The molecule has 5 heteroatoms. The standard InChI is InChI=1S/C15H13F2NO2/c1-2-18(12-6-3-10(16)4-7-12)15(20)13-9-11(17)5-8-14(13)19/h3-9,19H,2H2,1H3. The maximum Gasteiger partial charge on any atom is 0.262 e. The normalized spacial score (nSPS) is 10.3. The number of phenols is 1. The van der Waals surface area contributed by atoms with Crippen LogP contribution in [-0.4, -0.2) is 17.6 Å². The van der Waals surface area contributed by atoms with Crippen LogP contribution in [0.15, 0.2) is 42.5 Å². The van der Waals surface area contributed by atoms with Crippen molar-refractivity contribution in [2.75, 3.05) is 11.4 Å². The Bertz CT molecular complexity index is 626. The van der Waals surface area contributed by atoms with Crippen molar-refractivity contribution in [2.24, 2.45) is 0 Å². The van der Waals surface area contributed by atoms with Crippen LogP contribution in [0.4, 0.5) is 14.5 Å². The van der Waals surface area contributed by atoms with Crippen molar-refractivity contribution >= 4 is 11.6 Å². The fourth-order valence-electron chi connectivity index (χ4n) is 1.89. The molecule has 2 rings (SSSR count). The SMILES string of the molecule is CCN(C(=O)c1cc(F)ccc1O)c1ccc(F)cc1. The molecular formula is C15H13F2NO2. The van der Waals surface area contributed by atoms with Crippen molar-refractivity contribution < 1.29 is 18.7 Å². The van der Waals surface area contributed by atoms with Crippen molar-refractivity contribution in [3.63, 3.8) is 0 Å². The lowest BCUT2D eigenvalue weighted by Gasteiger charge is -2.21. The van der Waals surface area contributed by atoms with E-state index >= 15 is 0 Å². The first-order valence-corrected chi connectivity index (χ1v) is 6.09. The lowest BCUT2D eigenvalue weighted by Crippen LogP contribution is -2.30. The molecule has 20 heavy (non-hydrogen) atoms. The number of hydrogen-bond donors (Lipinski definition) is 1. The van der Waals surface area contributed by atoms with Crippen LogP contribution in [0.1, 0.15) is 17.3 Å². The van der Waals surface area contributed by atoms with E-state index in [4.69, 9.17) is 0 Å². The third-order valence-electron chi connectivity index (χ3n) is 2.89. The molecular weight excluding hydrogens is 264 g/mol. The van der Waals surface area contributed by atoms with E-state index in [2.05, 4.69) is 0 Å². The van der Waals surface area contributed by atoms with E-state index in [1.54, 1.807) is 6.92 Å². The molecule has 0 bridgehead atoms. The van der Waals surface area contributed by atoms with Crippen LogP contribution in [0.5, 0.6) is 5.75 Å². The summed E-state index contributed by atoms with van der Waals surface area (Å²) >= 11 is 0. The minimum absolute atomic E-state index is 0.129. The third kappa shape index (κ3) is 2.77. The Morgan fingerprint density at radius 1 is 1.10 bits per heavy atom. The number of aromatic hydroxyl groups is 1. The molecule has 2 aromatic carbocycles. The smallest absolute Gasteiger partial charge is 0.262 e. The molecule has 2 aromatic rings. The number of benzene rings is 2. The van der Waals surface area contributed by atoms with Crippen molar-refractivity contribution in [1.29, 1.82) is 0 Å². The van der Waals surface area contributed by atoms with Gasteiger partial charge < -0.3 is 10.0 Å². The zero-order chi connectivity index (χ0) is 14.7. The number of hydrogen-bond acceptors (Lipinski definition) is 2. The Balaban J connectivity index is 2.38. The molecule has 1 N–H and O–H groups in total. The van der Waals surface area contributed by atoms with Gasteiger partial charge in [0.15, 0.2) is 0 Å². The summed E-state index contributed by atoms with van der Waals surface area (Å²) in [5, 5.41) is 9.67. The first-order chi connectivity index (χ1) is 9.52. The summed E-state index contributed by atoms with van der Waals surface area (Å²) in [6.07, 6.45) is 0. The number of nitrogens with zero attached hydrogens (tertiary/aromatic N) is 1. The Kier molecular flexibility index (Phi) is 3.98. The highest BCUT2D eigenvalue weighted by atomic mass is 19.1. The second-order valence-electron chi connectivity index (χ2n) is 4.19. The number of carbonyl (C=O) groups is 1. The summed E-state index contributed by atoms with van der Waals surface area (Å²) in [5.41, 5.74) is 0.346.